The first kappa shape index (κ1) is 25.8. The van der Waals surface area contributed by atoms with Gasteiger partial charge >= 0.3 is 0 Å². The predicted molar refractivity (Wildman–Crippen MR) is 113 cm³/mol. The van der Waals surface area contributed by atoms with Crippen molar-refractivity contribution in [3.8, 4) is 11.5 Å². The summed E-state index contributed by atoms with van der Waals surface area (Å²) >= 11 is 0. The van der Waals surface area contributed by atoms with E-state index >= 15 is 0 Å². The highest BCUT2D eigenvalue weighted by atomic mass is 16.7. The molecule has 0 radical (unpaired) electrons. The van der Waals surface area contributed by atoms with Crippen molar-refractivity contribution in [3.05, 3.63) is 36.4 Å². The summed E-state index contributed by atoms with van der Waals surface area (Å²) in [7, 11) is 1.45. The minimum atomic E-state index is -1.62. The van der Waals surface area contributed by atoms with Crippen molar-refractivity contribution in [3.63, 3.8) is 0 Å². The van der Waals surface area contributed by atoms with Crippen LogP contribution >= 0.6 is 0 Å². The quantitative estimate of drug-likeness (QED) is 0.243. The third-order valence-electron chi connectivity index (χ3n) is 5.75. The summed E-state index contributed by atoms with van der Waals surface area (Å²) in [5.74, 6) is 0.619. The molecule has 10 unspecified atom stereocenters. The monoisotopic (exact) mass is 472 g/mol. The number of ether oxygens (including phenoxy) is 5. The van der Waals surface area contributed by atoms with Gasteiger partial charge in [0.05, 0.1) is 19.8 Å². The van der Waals surface area contributed by atoms with Crippen LogP contribution in [0.2, 0.25) is 0 Å². The molecule has 2 aliphatic heterocycles. The maximum atomic E-state index is 10.4. The van der Waals surface area contributed by atoms with Gasteiger partial charge in [-0.3, -0.25) is 0 Å². The van der Waals surface area contributed by atoms with Crippen LogP contribution < -0.4 is 9.47 Å². The second-order valence-corrected chi connectivity index (χ2v) is 8.13. The van der Waals surface area contributed by atoms with Crippen molar-refractivity contribution in [1.82, 2.24) is 0 Å². The zero-order valence-electron chi connectivity index (χ0n) is 18.4. The summed E-state index contributed by atoms with van der Waals surface area (Å²) in [6.45, 7) is 4.81. The van der Waals surface area contributed by atoms with E-state index in [-0.39, 0.29) is 12.4 Å². The van der Waals surface area contributed by atoms with E-state index in [2.05, 4.69) is 6.58 Å². The molecule has 0 saturated carbocycles. The van der Waals surface area contributed by atoms with Gasteiger partial charge in [-0.05, 0) is 31.0 Å². The number of aliphatic hydroxyl groups excluding tert-OH is 6. The Balaban J connectivity index is 1.68. The molecule has 2 aliphatic rings. The molecule has 0 spiro atoms. The lowest BCUT2D eigenvalue weighted by molar-refractivity contribution is -0.318. The molecule has 3 rings (SSSR count). The van der Waals surface area contributed by atoms with Crippen LogP contribution in [0.25, 0.3) is 0 Å². The normalized spacial score (nSPS) is 39.2. The van der Waals surface area contributed by atoms with Gasteiger partial charge in [0.25, 0.3) is 0 Å². The van der Waals surface area contributed by atoms with Crippen LogP contribution in [0.4, 0.5) is 0 Å². The molecule has 0 aliphatic carbocycles. The lowest BCUT2D eigenvalue weighted by atomic mass is 9.98. The molecule has 186 valence electrons. The Kier molecular flexibility index (Phi) is 8.67. The highest BCUT2D eigenvalue weighted by Crippen LogP contribution is 2.32. The molecule has 11 nitrogen and oxygen atoms in total. The number of aliphatic hydroxyl groups is 6. The summed E-state index contributed by atoms with van der Waals surface area (Å²) in [5, 5.41) is 60.8. The fourth-order valence-corrected chi connectivity index (χ4v) is 3.72. The molecule has 33 heavy (non-hydrogen) atoms. The van der Waals surface area contributed by atoms with E-state index in [1.807, 2.05) is 0 Å². The van der Waals surface area contributed by atoms with Crippen LogP contribution in [-0.4, -0.2) is 106 Å². The summed E-state index contributed by atoms with van der Waals surface area (Å²) in [6.07, 6.45) is -11.4. The number of hydrogen-bond donors (Lipinski definition) is 6. The molecular formula is C22H32O11. The van der Waals surface area contributed by atoms with Gasteiger partial charge in [-0.15, -0.1) is 6.58 Å². The van der Waals surface area contributed by atoms with E-state index in [4.69, 9.17) is 23.7 Å². The molecule has 1 aromatic carbocycles. The van der Waals surface area contributed by atoms with E-state index in [0.29, 0.717) is 12.2 Å². The fourth-order valence-electron chi connectivity index (χ4n) is 3.72. The minimum absolute atomic E-state index is 0.245. The first-order chi connectivity index (χ1) is 15.7. The van der Waals surface area contributed by atoms with Gasteiger partial charge in [0, 0.05) is 0 Å². The van der Waals surface area contributed by atoms with Crippen LogP contribution in [0.5, 0.6) is 11.5 Å². The SMILES string of the molecule is C=CCc1ccc(OC2OC(COC3OC(C)C(O)C(O)C3O)C(O)C(O)C2O)c(OC)c1. The topological polar surface area (TPSA) is 168 Å². The Morgan fingerprint density at radius 3 is 2.21 bits per heavy atom. The van der Waals surface area contributed by atoms with E-state index in [0.717, 1.165) is 5.56 Å². The number of hydrogen-bond acceptors (Lipinski definition) is 11. The molecule has 2 fully saturated rings. The molecule has 2 saturated heterocycles. The second-order valence-electron chi connectivity index (χ2n) is 8.13. The third-order valence-corrected chi connectivity index (χ3v) is 5.75. The van der Waals surface area contributed by atoms with Gasteiger partial charge < -0.3 is 54.3 Å². The van der Waals surface area contributed by atoms with Crippen LogP contribution in [0.3, 0.4) is 0 Å². The summed E-state index contributed by atoms with van der Waals surface area (Å²) < 4.78 is 27.5. The average Bonchev–Trinajstić information content (AvgIpc) is 2.81. The Morgan fingerprint density at radius 2 is 1.55 bits per heavy atom. The highest BCUT2D eigenvalue weighted by molar-refractivity contribution is 5.43. The van der Waals surface area contributed by atoms with Crippen LogP contribution in [0, 0.1) is 0 Å². The summed E-state index contributed by atoms with van der Waals surface area (Å²) in [4.78, 5) is 0. The van der Waals surface area contributed by atoms with Gasteiger partial charge in [0.15, 0.2) is 17.8 Å². The summed E-state index contributed by atoms with van der Waals surface area (Å²) in [6, 6.07) is 5.14. The number of benzene rings is 1. The fraction of sp³-hybridized carbons (Fsp3) is 0.636. The predicted octanol–water partition coefficient (Wildman–Crippen LogP) is -1.55. The van der Waals surface area contributed by atoms with Crippen LogP contribution in [-0.2, 0) is 20.6 Å². The van der Waals surface area contributed by atoms with Gasteiger partial charge in [-0.25, -0.2) is 0 Å². The van der Waals surface area contributed by atoms with Gasteiger partial charge in [-0.1, -0.05) is 12.1 Å². The molecule has 2 heterocycles. The third kappa shape index (κ3) is 5.65. The smallest absolute Gasteiger partial charge is 0.229 e. The van der Waals surface area contributed by atoms with Crippen LogP contribution in [0.15, 0.2) is 30.9 Å². The van der Waals surface area contributed by atoms with Gasteiger partial charge in [0.2, 0.25) is 6.29 Å². The molecule has 0 bridgehead atoms. The zero-order chi connectivity index (χ0) is 24.3. The summed E-state index contributed by atoms with van der Waals surface area (Å²) in [5.41, 5.74) is 0.925. The van der Waals surface area contributed by atoms with Crippen molar-refractivity contribution in [2.45, 2.75) is 74.8 Å². The second kappa shape index (κ2) is 11.1. The van der Waals surface area contributed by atoms with E-state index < -0.39 is 61.4 Å². The van der Waals surface area contributed by atoms with Gasteiger partial charge in [-0.2, -0.15) is 0 Å². The van der Waals surface area contributed by atoms with Crippen molar-refractivity contribution in [2.75, 3.05) is 13.7 Å². The van der Waals surface area contributed by atoms with E-state index in [1.54, 1.807) is 24.3 Å². The Bertz CT molecular complexity index is 790. The zero-order valence-corrected chi connectivity index (χ0v) is 18.4. The lowest BCUT2D eigenvalue weighted by Crippen LogP contribution is -2.61. The van der Waals surface area contributed by atoms with Crippen molar-refractivity contribution >= 4 is 0 Å². The number of methoxy groups -OCH3 is 1. The number of rotatable bonds is 8. The molecule has 0 amide bonds. The molecule has 1 aromatic rings. The highest BCUT2D eigenvalue weighted by Gasteiger charge is 2.47. The Labute approximate surface area is 191 Å². The van der Waals surface area contributed by atoms with Crippen molar-refractivity contribution in [1.29, 1.82) is 0 Å². The molecule has 10 atom stereocenters. The van der Waals surface area contributed by atoms with Crippen molar-refractivity contribution in [2.24, 2.45) is 0 Å². The van der Waals surface area contributed by atoms with Crippen LogP contribution in [0.1, 0.15) is 12.5 Å². The van der Waals surface area contributed by atoms with Crippen molar-refractivity contribution < 1.29 is 54.3 Å². The molecule has 0 aromatic heterocycles. The average molecular weight is 472 g/mol. The van der Waals surface area contributed by atoms with Gasteiger partial charge in [0.1, 0.15) is 42.7 Å². The molecule has 11 heteroatoms. The lowest BCUT2D eigenvalue weighted by Gasteiger charge is -2.42. The first-order valence-electron chi connectivity index (χ1n) is 10.6. The largest absolute Gasteiger partial charge is 0.493 e. The first-order valence-corrected chi connectivity index (χ1v) is 10.6. The molecular weight excluding hydrogens is 440 g/mol. The standard InChI is InChI=1S/C22H32O11/c1-4-5-11-6-7-12(13(8-11)29-3)32-22-20(28)18(26)16(24)14(33-22)9-30-21-19(27)17(25)15(23)10(2)31-21/h4,6-8,10,14-28H,1,5,9H2,2-3H3. The minimum Gasteiger partial charge on any atom is -0.493 e. The Morgan fingerprint density at radius 1 is 0.879 bits per heavy atom. The van der Waals surface area contributed by atoms with E-state index in [1.165, 1.54) is 14.0 Å². The van der Waals surface area contributed by atoms with E-state index in [9.17, 15) is 30.6 Å². The maximum absolute atomic E-state index is 10.4. The molecule has 6 N–H and O–H groups in total. The Hall–Kier alpha value is -1.80. The maximum Gasteiger partial charge on any atom is 0.229 e. The number of allylic oxidation sites excluding steroid dienone is 1.